The summed E-state index contributed by atoms with van der Waals surface area (Å²) < 4.78 is 0. The van der Waals surface area contributed by atoms with Crippen LogP contribution in [0.15, 0.2) is 48.5 Å². The first kappa shape index (κ1) is 19.9. The van der Waals surface area contributed by atoms with Gasteiger partial charge in [-0.05, 0) is 62.5 Å². The maximum Gasteiger partial charge on any atom is 0.226 e. The summed E-state index contributed by atoms with van der Waals surface area (Å²) in [6.45, 7) is 6.37. The van der Waals surface area contributed by atoms with Crippen LogP contribution in [-0.2, 0) is 4.79 Å². The molecule has 6 nitrogen and oxygen atoms in total. The van der Waals surface area contributed by atoms with Crippen molar-refractivity contribution in [3.63, 3.8) is 0 Å². The lowest BCUT2D eigenvalue weighted by Crippen LogP contribution is -2.44. The number of ketones is 1. The van der Waals surface area contributed by atoms with Crippen LogP contribution in [0.5, 0.6) is 0 Å². The van der Waals surface area contributed by atoms with Crippen LogP contribution in [0.25, 0.3) is 0 Å². The maximum atomic E-state index is 12.1. The highest BCUT2D eigenvalue weighted by Gasteiger charge is 2.13. The maximum absolute atomic E-state index is 12.1. The average molecular weight is 380 g/mol. The van der Waals surface area contributed by atoms with Gasteiger partial charge in [-0.3, -0.25) is 9.59 Å². The smallest absolute Gasteiger partial charge is 0.226 e. The molecule has 1 saturated heterocycles. The Morgan fingerprint density at radius 3 is 2.11 bits per heavy atom. The largest absolute Gasteiger partial charge is 0.385 e. The summed E-state index contributed by atoms with van der Waals surface area (Å²) in [7, 11) is 2.15. The van der Waals surface area contributed by atoms with Gasteiger partial charge in [0.05, 0.1) is 0 Å². The highest BCUT2D eigenvalue weighted by atomic mass is 16.1. The molecule has 148 valence electrons. The molecule has 1 aliphatic rings. The lowest BCUT2D eigenvalue weighted by atomic mass is 10.1. The van der Waals surface area contributed by atoms with Gasteiger partial charge in [-0.25, -0.2) is 0 Å². The highest BCUT2D eigenvalue weighted by molar-refractivity contribution is 5.95. The normalized spacial score (nSPS) is 14.6. The van der Waals surface area contributed by atoms with Crippen LogP contribution in [-0.4, -0.2) is 56.4 Å². The van der Waals surface area contributed by atoms with Crippen molar-refractivity contribution in [2.75, 3.05) is 55.3 Å². The Balaban J connectivity index is 1.41. The number of carbonyl (C=O) groups is 2. The first-order chi connectivity index (χ1) is 13.5. The first-order valence-electron chi connectivity index (χ1n) is 9.69. The molecule has 2 N–H and O–H groups in total. The van der Waals surface area contributed by atoms with Gasteiger partial charge in [0, 0.05) is 61.8 Å². The third-order valence-corrected chi connectivity index (χ3v) is 4.99. The third-order valence-electron chi connectivity index (χ3n) is 4.99. The zero-order valence-corrected chi connectivity index (χ0v) is 16.6. The van der Waals surface area contributed by atoms with Crippen molar-refractivity contribution in [1.82, 2.24) is 4.90 Å². The van der Waals surface area contributed by atoms with Gasteiger partial charge in [-0.15, -0.1) is 0 Å². The number of nitrogens with one attached hydrogen (secondary N) is 2. The van der Waals surface area contributed by atoms with E-state index in [1.165, 1.54) is 12.6 Å². The minimum absolute atomic E-state index is 0.0146. The Kier molecular flexibility index (Phi) is 6.66. The SMILES string of the molecule is CC(=O)c1ccc(NC(=O)CCNc2ccc(N3CCN(C)CC3)cc2)cc1. The van der Waals surface area contributed by atoms with E-state index in [9.17, 15) is 9.59 Å². The minimum Gasteiger partial charge on any atom is -0.385 e. The summed E-state index contributed by atoms with van der Waals surface area (Å²) in [6, 6.07) is 15.3. The van der Waals surface area contributed by atoms with Gasteiger partial charge < -0.3 is 20.4 Å². The van der Waals surface area contributed by atoms with Crippen molar-refractivity contribution in [2.24, 2.45) is 0 Å². The number of hydrogen-bond acceptors (Lipinski definition) is 5. The molecule has 0 aliphatic carbocycles. The lowest BCUT2D eigenvalue weighted by Gasteiger charge is -2.34. The number of benzene rings is 2. The Bertz CT molecular complexity index is 794. The van der Waals surface area contributed by atoms with Gasteiger partial charge in [-0.1, -0.05) is 0 Å². The number of likely N-dealkylation sites (N-methyl/N-ethyl adjacent to an activating group) is 1. The molecule has 6 heteroatoms. The van der Waals surface area contributed by atoms with Crippen LogP contribution in [0.4, 0.5) is 17.1 Å². The number of rotatable bonds is 7. The van der Waals surface area contributed by atoms with Crippen molar-refractivity contribution in [2.45, 2.75) is 13.3 Å². The number of Topliss-reactive ketones (excluding diaryl/α,β-unsaturated/α-hetero) is 1. The predicted molar refractivity (Wildman–Crippen MR) is 114 cm³/mol. The van der Waals surface area contributed by atoms with E-state index in [4.69, 9.17) is 0 Å². The van der Waals surface area contributed by atoms with Gasteiger partial charge in [0.15, 0.2) is 5.78 Å². The molecule has 0 spiro atoms. The van der Waals surface area contributed by atoms with Crippen LogP contribution in [0.3, 0.4) is 0 Å². The quantitative estimate of drug-likeness (QED) is 0.723. The van der Waals surface area contributed by atoms with E-state index in [-0.39, 0.29) is 11.7 Å². The summed E-state index contributed by atoms with van der Waals surface area (Å²) in [5.74, 6) is -0.0437. The number of nitrogens with zero attached hydrogens (tertiary/aromatic N) is 2. The molecule has 1 aliphatic heterocycles. The molecule has 0 aromatic heterocycles. The molecular formula is C22H28N4O2. The highest BCUT2D eigenvalue weighted by Crippen LogP contribution is 2.19. The van der Waals surface area contributed by atoms with Gasteiger partial charge >= 0.3 is 0 Å². The average Bonchev–Trinajstić information content (AvgIpc) is 2.69. The monoisotopic (exact) mass is 380 g/mol. The minimum atomic E-state index is -0.0582. The van der Waals surface area contributed by atoms with E-state index >= 15 is 0 Å². The fraction of sp³-hybridized carbons (Fsp3) is 0.364. The second-order valence-corrected chi connectivity index (χ2v) is 7.20. The number of amides is 1. The topological polar surface area (TPSA) is 64.7 Å². The molecule has 2 aromatic carbocycles. The summed E-state index contributed by atoms with van der Waals surface area (Å²) in [6.07, 6.45) is 0.370. The van der Waals surface area contributed by atoms with Crippen molar-refractivity contribution < 1.29 is 9.59 Å². The standard InChI is InChI=1S/C22H28N4O2/c1-17(27)18-3-5-20(6-4-18)24-22(28)11-12-23-19-7-9-21(10-8-19)26-15-13-25(2)14-16-26/h3-10,23H,11-16H2,1-2H3,(H,24,28). The zero-order chi connectivity index (χ0) is 19.9. The van der Waals surface area contributed by atoms with E-state index in [0.29, 0.717) is 24.2 Å². The Morgan fingerprint density at radius 1 is 0.893 bits per heavy atom. The fourth-order valence-electron chi connectivity index (χ4n) is 3.19. The molecule has 0 saturated carbocycles. The van der Waals surface area contributed by atoms with E-state index in [2.05, 4.69) is 51.7 Å². The van der Waals surface area contributed by atoms with Crippen molar-refractivity contribution >= 4 is 28.8 Å². The zero-order valence-electron chi connectivity index (χ0n) is 16.6. The van der Waals surface area contributed by atoms with Crippen molar-refractivity contribution in [3.05, 3.63) is 54.1 Å². The van der Waals surface area contributed by atoms with Gasteiger partial charge in [0.25, 0.3) is 0 Å². The lowest BCUT2D eigenvalue weighted by molar-refractivity contribution is -0.115. The molecule has 1 fully saturated rings. The van der Waals surface area contributed by atoms with E-state index < -0.39 is 0 Å². The molecule has 0 unspecified atom stereocenters. The number of anilines is 3. The summed E-state index contributed by atoms with van der Waals surface area (Å²) in [5.41, 5.74) is 3.59. The van der Waals surface area contributed by atoms with Crippen LogP contribution >= 0.6 is 0 Å². The molecule has 0 radical (unpaired) electrons. The molecule has 3 rings (SSSR count). The van der Waals surface area contributed by atoms with Gasteiger partial charge in [-0.2, -0.15) is 0 Å². The van der Waals surface area contributed by atoms with Gasteiger partial charge in [0.1, 0.15) is 0 Å². The van der Waals surface area contributed by atoms with E-state index in [1.807, 2.05) is 0 Å². The van der Waals surface area contributed by atoms with Gasteiger partial charge in [0.2, 0.25) is 5.91 Å². The molecule has 28 heavy (non-hydrogen) atoms. The van der Waals surface area contributed by atoms with Crippen molar-refractivity contribution in [3.8, 4) is 0 Å². The molecular weight excluding hydrogens is 352 g/mol. The second kappa shape index (κ2) is 9.37. The van der Waals surface area contributed by atoms with Crippen LogP contribution < -0.4 is 15.5 Å². The molecule has 0 bridgehead atoms. The molecule has 2 aromatic rings. The summed E-state index contributed by atoms with van der Waals surface area (Å²) in [4.78, 5) is 28.1. The Morgan fingerprint density at radius 2 is 1.50 bits per heavy atom. The van der Waals surface area contributed by atoms with Crippen LogP contribution in [0, 0.1) is 0 Å². The van der Waals surface area contributed by atoms with Crippen LogP contribution in [0.1, 0.15) is 23.7 Å². The Labute approximate surface area is 166 Å². The molecule has 1 amide bonds. The summed E-state index contributed by atoms with van der Waals surface area (Å²) >= 11 is 0. The first-order valence-corrected chi connectivity index (χ1v) is 9.69. The number of carbonyl (C=O) groups excluding carboxylic acids is 2. The second-order valence-electron chi connectivity index (χ2n) is 7.20. The number of piperazine rings is 1. The van der Waals surface area contributed by atoms with E-state index in [1.54, 1.807) is 24.3 Å². The predicted octanol–water partition coefficient (Wildman–Crippen LogP) is 3.08. The van der Waals surface area contributed by atoms with Crippen molar-refractivity contribution in [1.29, 1.82) is 0 Å². The Hall–Kier alpha value is -2.86. The summed E-state index contributed by atoms with van der Waals surface area (Å²) in [5, 5.41) is 6.14. The van der Waals surface area contributed by atoms with E-state index in [0.717, 1.165) is 31.9 Å². The van der Waals surface area contributed by atoms with Crippen LogP contribution in [0.2, 0.25) is 0 Å². The fourth-order valence-corrected chi connectivity index (χ4v) is 3.19. The number of hydrogen-bond donors (Lipinski definition) is 2. The molecule has 0 atom stereocenters. The third kappa shape index (κ3) is 5.57. The molecule has 1 heterocycles.